The smallest absolute Gasteiger partial charge is 0.309 e. The number of nitrogens with one attached hydrogen (secondary N) is 2. The number of rotatable bonds is 2. The highest BCUT2D eigenvalue weighted by Gasteiger charge is 2.21. The van der Waals surface area contributed by atoms with Gasteiger partial charge in [0.15, 0.2) is 0 Å². The third-order valence-electron chi connectivity index (χ3n) is 2.34. The summed E-state index contributed by atoms with van der Waals surface area (Å²) in [4.78, 5) is 23.3. The van der Waals surface area contributed by atoms with Crippen LogP contribution < -0.4 is 10.6 Å². The van der Waals surface area contributed by atoms with Crippen LogP contribution in [-0.2, 0) is 9.59 Å². The Morgan fingerprint density at radius 2 is 1.61 bits per heavy atom. The molecule has 1 aromatic carbocycles. The van der Waals surface area contributed by atoms with Gasteiger partial charge in [-0.15, -0.1) is 0 Å². The Kier molecular flexibility index (Phi) is 4.48. The monoisotopic (exact) mass is 248 g/mol. The Labute approximate surface area is 108 Å². The second-order valence-corrected chi connectivity index (χ2v) is 5.31. The van der Waals surface area contributed by atoms with E-state index >= 15 is 0 Å². The molecule has 0 saturated carbocycles. The zero-order valence-electron chi connectivity index (χ0n) is 11.3. The highest BCUT2D eigenvalue weighted by molar-refractivity contribution is 6.35. The quantitative estimate of drug-likeness (QED) is 0.784. The lowest BCUT2D eigenvalue weighted by molar-refractivity contribution is -0.140. The molecule has 1 rings (SSSR count). The van der Waals surface area contributed by atoms with E-state index < -0.39 is 17.4 Å². The normalized spacial score (nSPS) is 12.7. The summed E-state index contributed by atoms with van der Waals surface area (Å²) in [7, 11) is 0. The first-order valence-electron chi connectivity index (χ1n) is 5.97. The molecule has 0 fully saturated rings. The summed E-state index contributed by atoms with van der Waals surface area (Å²) in [6.45, 7) is 7.34. The van der Waals surface area contributed by atoms with Gasteiger partial charge in [-0.25, -0.2) is 0 Å². The van der Waals surface area contributed by atoms with Crippen LogP contribution in [0.5, 0.6) is 0 Å². The second-order valence-electron chi connectivity index (χ2n) is 5.31. The average Bonchev–Trinajstić information content (AvgIpc) is 2.27. The molecule has 0 spiro atoms. The molecule has 2 N–H and O–H groups in total. The van der Waals surface area contributed by atoms with Gasteiger partial charge in [0.2, 0.25) is 0 Å². The first kappa shape index (κ1) is 14.2. The van der Waals surface area contributed by atoms with Crippen LogP contribution in [0, 0.1) is 0 Å². The second kappa shape index (κ2) is 5.67. The Bertz CT molecular complexity index is 421. The summed E-state index contributed by atoms with van der Waals surface area (Å²) in [5, 5.41) is 5.29. The summed E-state index contributed by atoms with van der Waals surface area (Å²) in [6, 6.07) is 9.33. The minimum Gasteiger partial charge on any atom is -0.343 e. The van der Waals surface area contributed by atoms with E-state index in [4.69, 9.17) is 0 Å². The van der Waals surface area contributed by atoms with Crippen LogP contribution in [0.15, 0.2) is 30.3 Å². The van der Waals surface area contributed by atoms with Crippen LogP contribution in [0.25, 0.3) is 0 Å². The maximum atomic E-state index is 11.7. The van der Waals surface area contributed by atoms with E-state index in [1.54, 1.807) is 0 Å². The summed E-state index contributed by atoms with van der Waals surface area (Å²) in [5.41, 5.74) is 0.555. The zero-order valence-corrected chi connectivity index (χ0v) is 11.3. The van der Waals surface area contributed by atoms with Gasteiger partial charge < -0.3 is 10.6 Å². The number of hydrogen-bond donors (Lipinski definition) is 2. The molecule has 4 heteroatoms. The largest absolute Gasteiger partial charge is 0.343 e. The molecule has 18 heavy (non-hydrogen) atoms. The van der Waals surface area contributed by atoms with Crippen molar-refractivity contribution in [2.24, 2.45) is 0 Å². The molecule has 0 aliphatic heterocycles. The molecule has 0 bridgehead atoms. The van der Waals surface area contributed by atoms with E-state index in [1.165, 1.54) is 0 Å². The van der Waals surface area contributed by atoms with Crippen molar-refractivity contribution in [3.05, 3.63) is 35.9 Å². The number of hydrogen-bond acceptors (Lipinski definition) is 2. The van der Waals surface area contributed by atoms with Gasteiger partial charge in [-0.1, -0.05) is 30.3 Å². The van der Waals surface area contributed by atoms with Crippen molar-refractivity contribution in [1.29, 1.82) is 0 Å². The fourth-order valence-corrected chi connectivity index (χ4v) is 1.48. The molecule has 98 valence electrons. The van der Waals surface area contributed by atoms with E-state index in [0.29, 0.717) is 0 Å². The van der Waals surface area contributed by atoms with Gasteiger partial charge in [0.25, 0.3) is 0 Å². The van der Waals surface area contributed by atoms with Crippen LogP contribution in [-0.4, -0.2) is 17.4 Å². The van der Waals surface area contributed by atoms with Crippen molar-refractivity contribution in [2.75, 3.05) is 0 Å². The topological polar surface area (TPSA) is 58.2 Å². The average molecular weight is 248 g/mol. The summed E-state index contributed by atoms with van der Waals surface area (Å²) < 4.78 is 0. The fourth-order valence-electron chi connectivity index (χ4n) is 1.48. The first-order chi connectivity index (χ1) is 8.29. The maximum Gasteiger partial charge on any atom is 0.309 e. The minimum absolute atomic E-state index is 0.190. The van der Waals surface area contributed by atoms with Crippen LogP contribution >= 0.6 is 0 Å². The van der Waals surface area contributed by atoms with Crippen molar-refractivity contribution in [1.82, 2.24) is 10.6 Å². The molecule has 0 aliphatic carbocycles. The van der Waals surface area contributed by atoms with E-state index in [9.17, 15) is 9.59 Å². The zero-order chi connectivity index (χ0) is 13.8. The van der Waals surface area contributed by atoms with Crippen molar-refractivity contribution >= 4 is 11.8 Å². The number of amides is 2. The standard InChI is InChI=1S/C14H20N2O2/c1-10(11-8-6-5-7-9-11)15-12(17)13(18)16-14(2,3)4/h5-10H,1-4H3,(H,15,17)(H,16,18). The van der Waals surface area contributed by atoms with Gasteiger partial charge in [-0.2, -0.15) is 0 Å². The van der Waals surface area contributed by atoms with Gasteiger partial charge in [0.05, 0.1) is 6.04 Å². The molecule has 0 saturated heterocycles. The van der Waals surface area contributed by atoms with Gasteiger partial charge in [0, 0.05) is 5.54 Å². The minimum atomic E-state index is -0.610. The third-order valence-corrected chi connectivity index (χ3v) is 2.34. The van der Waals surface area contributed by atoms with Gasteiger partial charge >= 0.3 is 11.8 Å². The number of carbonyl (C=O) groups excluding carboxylic acids is 2. The molecular weight excluding hydrogens is 228 g/mol. The molecule has 1 unspecified atom stereocenters. The lowest BCUT2D eigenvalue weighted by Gasteiger charge is -2.21. The fraction of sp³-hybridized carbons (Fsp3) is 0.429. The molecular formula is C14H20N2O2. The third kappa shape index (κ3) is 4.57. The lowest BCUT2D eigenvalue weighted by Crippen LogP contribution is -2.48. The van der Waals surface area contributed by atoms with Crippen molar-refractivity contribution in [3.8, 4) is 0 Å². The summed E-state index contributed by atoms with van der Waals surface area (Å²) in [6.07, 6.45) is 0. The molecule has 0 aromatic heterocycles. The maximum absolute atomic E-state index is 11.7. The van der Waals surface area contributed by atoms with Crippen molar-refractivity contribution in [3.63, 3.8) is 0 Å². The van der Waals surface area contributed by atoms with Gasteiger partial charge in [0.1, 0.15) is 0 Å². The van der Waals surface area contributed by atoms with Crippen LogP contribution in [0.3, 0.4) is 0 Å². The Morgan fingerprint density at radius 3 is 2.11 bits per heavy atom. The predicted molar refractivity (Wildman–Crippen MR) is 70.9 cm³/mol. The molecule has 4 nitrogen and oxygen atoms in total. The molecule has 0 aliphatic rings. The highest BCUT2D eigenvalue weighted by Crippen LogP contribution is 2.10. The van der Waals surface area contributed by atoms with Crippen molar-refractivity contribution in [2.45, 2.75) is 39.3 Å². The summed E-state index contributed by atoms with van der Waals surface area (Å²) >= 11 is 0. The SMILES string of the molecule is CC(NC(=O)C(=O)NC(C)(C)C)c1ccccc1. The van der Waals surface area contributed by atoms with Gasteiger partial charge in [-0.3, -0.25) is 9.59 Å². The van der Waals surface area contributed by atoms with Gasteiger partial charge in [-0.05, 0) is 33.3 Å². The predicted octanol–water partition coefficient (Wildman–Crippen LogP) is 1.78. The molecule has 2 amide bonds. The van der Waals surface area contributed by atoms with E-state index in [2.05, 4.69) is 10.6 Å². The van der Waals surface area contributed by atoms with Crippen molar-refractivity contribution < 1.29 is 9.59 Å². The van der Waals surface area contributed by atoms with E-state index in [1.807, 2.05) is 58.0 Å². The Morgan fingerprint density at radius 1 is 1.06 bits per heavy atom. The van der Waals surface area contributed by atoms with E-state index in [0.717, 1.165) is 5.56 Å². The Balaban J connectivity index is 2.58. The Hall–Kier alpha value is -1.84. The molecule has 1 aromatic rings. The van der Waals surface area contributed by atoms with Crippen LogP contribution in [0.4, 0.5) is 0 Å². The lowest BCUT2D eigenvalue weighted by atomic mass is 10.1. The van der Waals surface area contributed by atoms with Crippen LogP contribution in [0.1, 0.15) is 39.3 Å². The summed E-state index contributed by atoms with van der Waals surface area (Å²) in [5.74, 6) is -1.22. The molecule has 0 heterocycles. The highest BCUT2D eigenvalue weighted by atomic mass is 16.2. The molecule has 1 atom stereocenters. The molecule has 0 radical (unpaired) electrons. The number of benzene rings is 1. The van der Waals surface area contributed by atoms with E-state index in [-0.39, 0.29) is 6.04 Å². The number of carbonyl (C=O) groups is 2. The van der Waals surface area contributed by atoms with Crippen LogP contribution in [0.2, 0.25) is 0 Å². The first-order valence-corrected chi connectivity index (χ1v) is 5.97.